The predicted octanol–water partition coefficient (Wildman–Crippen LogP) is 4.27. The summed E-state index contributed by atoms with van der Waals surface area (Å²) in [6.45, 7) is 13.7. The van der Waals surface area contributed by atoms with Gasteiger partial charge in [-0.1, -0.05) is 48.0 Å². The van der Waals surface area contributed by atoms with E-state index in [4.69, 9.17) is 4.98 Å². The molecule has 6 heteroatoms. The van der Waals surface area contributed by atoms with Gasteiger partial charge in [-0.3, -0.25) is 4.90 Å². The van der Waals surface area contributed by atoms with Crippen LogP contribution in [0.1, 0.15) is 39.1 Å². The van der Waals surface area contributed by atoms with Gasteiger partial charge in [0.25, 0.3) is 5.78 Å². The molecule has 6 nitrogen and oxygen atoms in total. The lowest BCUT2D eigenvalue weighted by atomic mass is 9.99. The van der Waals surface area contributed by atoms with Gasteiger partial charge in [0.05, 0.1) is 0 Å². The number of piperazine rings is 1. The van der Waals surface area contributed by atoms with Gasteiger partial charge in [0, 0.05) is 50.4 Å². The molecule has 1 aliphatic heterocycles. The van der Waals surface area contributed by atoms with Crippen molar-refractivity contribution in [2.45, 2.75) is 40.7 Å². The van der Waals surface area contributed by atoms with Crippen LogP contribution >= 0.6 is 0 Å². The van der Waals surface area contributed by atoms with E-state index in [2.05, 4.69) is 90.0 Å². The highest BCUT2D eigenvalue weighted by Gasteiger charge is 2.25. The van der Waals surface area contributed by atoms with Gasteiger partial charge in [0.1, 0.15) is 12.1 Å². The molecule has 0 atom stereocenters. The molecule has 0 radical (unpaired) electrons. The van der Waals surface area contributed by atoms with Crippen LogP contribution in [0, 0.1) is 27.7 Å². The third-order valence-corrected chi connectivity index (χ3v) is 6.82. The summed E-state index contributed by atoms with van der Waals surface area (Å²) >= 11 is 0. The maximum atomic E-state index is 4.74. The first-order valence-electron chi connectivity index (χ1n) is 11.8. The highest BCUT2D eigenvalue weighted by molar-refractivity contribution is 5.56. The molecule has 4 aromatic rings. The Hall–Kier alpha value is -3.25. The van der Waals surface area contributed by atoms with Gasteiger partial charge in [-0.05, 0) is 49.9 Å². The average Bonchev–Trinajstić information content (AvgIpc) is 3.26. The van der Waals surface area contributed by atoms with Crippen molar-refractivity contribution in [1.82, 2.24) is 24.5 Å². The number of fused-ring (bicyclic) bond motifs is 1. The molecule has 0 N–H and O–H groups in total. The Morgan fingerprint density at radius 2 is 1.55 bits per heavy atom. The van der Waals surface area contributed by atoms with Gasteiger partial charge in [0.2, 0.25) is 0 Å². The first-order valence-corrected chi connectivity index (χ1v) is 11.8. The minimum absolute atomic E-state index is 0.674. The molecule has 1 saturated heterocycles. The summed E-state index contributed by atoms with van der Waals surface area (Å²) in [5.41, 5.74) is 9.16. The first kappa shape index (κ1) is 21.6. The van der Waals surface area contributed by atoms with Crippen molar-refractivity contribution >= 4 is 11.6 Å². The van der Waals surface area contributed by atoms with Crippen molar-refractivity contribution in [2.24, 2.45) is 0 Å². The quantitative estimate of drug-likeness (QED) is 0.464. The molecule has 1 aliphatic rings. The molecule has 3 heterocycles. The highest BCUT2D eigenvalue weighted by atomic mass is 15.4. The molecule has 0 bridgehead atoms. The Kier molecular flexibility index (Phi) is 5.85. The minimum atomic E-state index is 0.674. The van der Waals surface area contributed by atoms with Crippen LogP contribution in [0.15, 0.2) is 48.8 Å². The molecule has 33 heavy (non-hydrogen) atoms. The minimum Gasteiger partial charge on any atom is -0.354 e. The monoisotopic (exact) mass is 440 g/mol. The highest BCUT2D eigenvalue weighted by Crippen LogP contribution is 2.28. The maximum Gasteiger partial charge on any atom is 0.254 e. The van der Waals surface area contributed by atoms with E-state index in [1.807, 2.05) is 4.52 Å². The van der Waals surface area contributed by atoms with E-state index < -0.39 is 0 Å². The second-order valence-electron chi connectivity index (χ2n) is 9.27. The second-order valence-corrected chi connectivity index (χ2v) is 9.27. The van der Waals surface area contributed by atoms with Crippen LogP contribution in [0.4, 0.5) is 5.82 Å². The van der Waals surface area contributed by atoms with E-state index in [1.54, 1.807) is 6.33 Å². The third-order valence-electron chi connectivity index (χ3n) is 6.82. The summed E-state index contributed by atoms with van der Waals surface area (Å²) in [7, 11) is 0. The van der Waals surface area contributed by atoms with Crippen LogP contribution in [-0.4, -0.2) is 50.7 Å². The van der Waals surface area contributed by atoms with Gasteiger partial charge in [-0.25, -0.2) is 4.98 Å². The van der Waals surface area contributed by atoms with Crippen molar-refractivity contribution in [1.29, 1.82) is 0 Å². The van der Waals surface area contributed by atoms with Gasteiger partial charge in [-0.15, -0.1) is 0 Å². The molecule has 0 unspecified atom stereocenters. The normalized spacial score (nSPS) is 14.8. The number of aromatic nitrogens is 4. The maximum absolute atomic E-state index is 4.74. The second kappa shape index (κ2) is 8.94. The van der Waals surface area contributed by atoms with Gasteiger partial charge in [-0.2, -0.15) is 14.6 Å². The summed E-state index contributed by atoms with van der Waals surface area (Å²) in [4.78, 5) is 14.2. The lowest BCUT2D eigenvalue weighted by Crippen LogP contribution is -2.47. The van der Waals surface area contributed by atoms with E-state index in [0.29, 0.717) is 5.78 Å². The molecule has 1 fully saturated rings. The Labute approximate surface area is 195 Å². The summed E-state index contributed by atoms with van der Waals surface area (Å²) in [5, 5.41) is 4.54. The molecule has 0 spiro atoms. The fourth-order valence-corrected chi connectivity index (χ4v) is 5.10. The Morgan fingerprint density at radius 1 is 0.848 bits per heavy atom. The van der Waals surface area contributed by atoms with E-state index >= 15 is 0 Å². The zero-order valence-corrected chi connectivity index (χ0v) is 20.0. The van der Waals surface area contributed by atoms with Crippen LogP contribution in [0.2, 0.25) is 0 Å². The average molecular weight is 441 g/mol. The number of hydrogen-bond donors (Lipinski definition) is 0. The van der Waals surface area contributed by atoms with Crippen molar-refractivity contribution in [3.05, 3.63) is 87.9 Å². The topological polar surface area (TPSA) is 49.6 Å². The summed E-state index contributed by atoms with van der Waals surface area (Å²) in [6.07, 6.45) is 2.45. The van der Waals surface area contributed by atoms with Crippen LogP contribution in [0.25, 0.3) is 5.78 Å². The van der Waals surface area contributed by atoms with E-state index in [9.17, 15) is 0 Å². The Balaban J connectivity index is 1.40. The summed E-state index contributed by atoms with van der Waals surface area (Å²) < 4.78 is 1.93. The smallest absolute Gasteiger partial charge is 0.254 e. The zero-order valence-electron chi connectivity index (χ0n) is 20.0. The molecular formula is C27H32N6. The molecule has 0 amide bonds. The van der Waals surface area contributed by atoms with Crippen molar-refractivity contribution in [2.75, 3.05) is 31.1 Å². The summed E-state index contributed by atoms with van der Waals surface area (Å²) in [5.74, 6) is 1.81. The molecule has 0 aliphatic carbocycles. The number of benzene rings is 2. The largest absolute Gasteiger partial charge is 0.354 e. The van der Waals surface area contributed by atoms with Crippen LogP contribution in [-0.2, 0) is 13.0 Å². The Morgan fingerprint density at radius 3 is 2.24 bits per heavy atom. The summed E-state index contributed by atoms with van der Waals surface area (Å²) in [6, 6.07) is 15.2. The van der Waals surface area contributed by atoms with Crippen LogP contribution in [0.5, 0.6) is 0 Å². The third kappa shape index (κ3) is 4.35. The first-order chi connectivity index (χ1) is 16.0. The molecule has 0 saturated carbocycles. The van der Waals surface area contributed by atoms with Gasteiger partial charge in [0.15, 0.2) is 0 Å². The predicted molar refractivity (Wildman–Crippen MR) is 133 cm³/mol. The molecule has 2 aromatic carbocycles. The number of aryl methyl sites for hydroxylation is 4. The van der Waals surface area contributed by atoms with Gasteiger partial charge < -0.3 is 4.90 Å². The van der Waals surface area contributed by atoms with Crippen molar-refractivity contribution in [3.8, 4) is 0 Å². The number of nitrogens with zero attached hydrogens (tertiary/aromatic N) is 6. The van der Waals surface area contributed by atoms with Crippen LogP contribution in [0.3, 0.4) is 0 Å². The standard InChI is InChI=1S/C27H32N6/c1-19-14-20(2)25(21(3)15-19)17-31-10-12-32(13-11-31)26-24(16-23-8-6-5-7-9-23)22(4)30-27-28-18-29-33(26)27/h5-9,14-15,18H,10-13,16-17H2,1-4H3. The molecule has 2 aromatic heterocycles. The number of rotatable bonds is 5. The van der Waals surface area contributed by atoms with E-state index in [0.717, 1.165) is 50.7 Å². The van der Waals surface area contributed by atoms with Crippen LogP contribution < -0.4 is 4.90 Å². The number of anilines is 1. The van der Waals surface area contributed by atoms with E-state index in [-0.39, 0.29) is 0 Å². The molecule has 5 rings (SSSR count). The fraction of sp³-hybridized carbons (Fsp3) is 0.370. The SMILES string of the molecule is Cc1cc(C)c(CN2CCN(c3c(Cc4ccccc4)c(C)nc4ncnn34)CC2)c(C)c1. The fourth-order valence-electron chi connectivity index (χ4n) is 5.10. The lowest BCUT2D eigenvalue weighted by Gasteiger charge is -2.37. The van der Waals surface area contributed by atoms with Gasteiger partial charge >= 0.3 is 0 Å². The molecular weight excluding hydrogens is 408 g/mol. The Bertz CT molecular complexity index is 1250. The zero-order chi connectivity index (χ0) is 22.9. The van der Waals surface area contributed by atoms with Crippen molar-refractivity contribution in [3.63, 3.8) is 0 Å². The van der Waals surface area contributed by atoms with E-state index in [1.165, 1.54) is 33.4 Å². The molecule has 170 valence electrons. The number of hydrogen-bond acceptors (Lipinski definition) is 5. The lowest BCUT2D eigenvalue weighted by molar-refractivity contribution is 0.248. The van der Waals surface area contributed by atoms with Crippen molar-refractivity contribution < 1.29 is 0 Å².